The van der Waals surface area contributed by atoms with Gasteiger partial charge in [0.05, 0.1) is 12.6 Å². The summed E-state index contributed by atoms with van der Waals surface area (Å²) < 4.78 is 5.72. The van der Waals surface area contributed by atoms with Crippen molar-refractivity contribution in [2.75, 3.05) is 45.3 Å². The molecule has 1 unspecified atom stereocenters. The molecule has 0 radical (unpaired) electrons. The third-order valence-electron chi connectivity index (χ3n) is 3.92. The summed E-state index contributed by atoms with van der Waals surface area (Å²) in [5, 5.41) is 6.78. The average molecular weight is 377 g/mol. The Bertz CT molecular complexity index is 634. The van der Waals surface area contributed by atoms with Gasteiger partial charge in [-0.1, -0.05) is 24.3 Å². The summed E-state index contributed by atoms with van der Waals surface area (Å²) in [6.45, 7) is 5.27. The molecular weight excluding hydrogens is 348 g/mol. The van der Waals surface area contributed by atoms with Crippen molar-refractivity contribution in [3.63, 3.8) is 0 Å². The summed E-state index contributed by atoms with van der Waals surface area (Å²) >= 11 is 1.80. The van der Waals surface area contributed by atoms with E-state index in [2.05, 4.69) is 28.3 Å². The van der Waals surface area contributed by atoms with Gasteiger partial charge in [-0.15, -0.1) is 6.58 Å². The molecule has 0 saturated heterocycles. The molecular formula is C19H28N4O2S. The maximum atomic E-state index is 11.9. The minimum Gasteiger partial charge on any atom is -0.493 e. The standard InChI is InChI=1S/C19H28N4O2S/c1-4-12-26-13-10-20-19(21-14-18(24)23(2)3)22-16-9-11-25-17-8-6-5-7-15(16)17/h4-8,16H,1,9-14H2,2-3H3,(H2,20,21,22). The highest BCUT2D eigenvalue weighted by atomic mass is 32.2. The van der Waals surface area contributed by atoms with E-state index in [1.165, 1.54) is 0 Å². The van der Waals surface area contributed by atoms with Gasteiger partial charge in [0, 0.05) is 44.1 Å². The number of rotatable bonds is 8. The Labute approximate surface area is 160 Å². The van der Waals surface area contributed by atoms with Crippen LogP contribution in [0.2, 0.25) is 0 Å². The van der Waals surface area contributed by atoms with E-state index in [0.717, 1.165) is 35.8 Å². The minimum atomic E-state index is -0.0282. The molecule has 2 rings (SSSR count). The molecule has 0 fully saturated rings. The molecule has 1 aliphatic heterocycles. The number of guanidine groups is 1. The molecule has 1 amide bonds. The van der Waals surface area contributed by atoms with Crippen molar-refractivity contribution < 1.29 is 9.53 Å². The zero-order valence-electron chi connectivity index (χ0n) is 15.5. The Balaban J connectivity index is 2.02. The third kappa shape index (κ3) is 6.29. The Hall–Kier alpha value is -2.15. The zero-order chi connectivity index (χ0) is 18.8. The number of ether oxygens (including phenoxy) is 1. The number of para-hydroxylation sites is 1. The smallest absolute Gasteiger partial charge is 0.243 e. The molecule has 6 nitrogen and oxygen atoms in total. The SMILES string of the molecule is C=CCSCCNC(=NCC(=O)N(C)C)NC1CCOc2ccccc21. The lowest BCUT2D eigenvalue weighted by Crippen LogP contribution is -2.42. The predicted octanol–water partition coefficient (Wildman–Crippen LogP) is 2.05. The van der Waals surface area contributed by atoms with Gasteiger partial charge in [-0.3, -0.25) is 4.79 Å². The van der Waals surface area contributed by atoms with Crippen molar-refractivity contribution in [3.8, 4) is 5.75 Å². The maximum Gasteiger partial charge on any atom is 0.243 e. The first kappa shape index (κ1) is 20.2. The van der Waals surface area contributed by atoms with Crippen LogP contribution in [0.15, 0.2) is 41.9 Å². The van der Waals surface area contributed by atoms with Crippen LogP contribution in [0, 0.1) is 0 Å². The third-order valence-corrected chi connectivity index (χ3v) is 4.88. The van der Waals surface area contributed by atoms with E-state index in [1.807, 2.05) is 24.3 Å². The van der Waals surface area contributed by atoms with E-state index in [9.17, 15) is 4.79 Å². The van der Waals surface area contributed by atoms with E-state index < -0.39 is 0 Å². The lowest BCUT2D eigenvalue weighted by molar-refractivity contribution is -0.127. The van der Waals surface area contributed by atoms with Crippen LogP contribution in [0.1, 0.15) is 18.0 Å². The molecule has 7 heteroatoms. The number of hydrogen-bond acceptors (Lipinski definition) is 4. The number of carbonyl (C=O) groups excluding carboxylic acids is 1. The van der Waals surface area contributed by atoms with Gasteiger partial charge in [-0.05, 0) is 6.07 Å². The topological polar surface area (TPSA) is 66.0 Å². The normalized spacial score (nSPS) is 16.2. The second-order valence-corrected chi connectivity index (χ2v) is 7.27. The molecule has 0 spiro atoms. The molecule has 0 bridgehead atoms. The number of likely N-dealkylation sites (N-methyl/N-ethyl adjacent to an activating group) is 1. The Kier molecular flexibility index (Phi) is 8.34. The summed E-state index contributed by atoms with van der Waals surface area (Å²) in [4.78, 5) is 17.9. The summed E-state index contributed by atoms with van der Waals surface area (Å²) in [5.41, 5.74) is 1.12. The molecule has 26 heavy (non-hydrogen) atoms. The van der Waals surface area contributed by atoms with Crippen LogP contribution in [0.5, 0.6) is 5.75 Å². The molecule has 1 atom stereocenters. The molecule has 1 aromatic rings. The van der Waals surface area contributed by atoms with Crippen LogP contribution in [0.3, 0.4) is 0 Å². The average Bonchev–Trinajstić information content (AvgIpc) is 2.65. The van der Waals surface area contributed by atoms with Crippen LogP contribution in [0.4, 0.5) is 0 Å². The zero-order valence-corrected chi connectivity index (χ0v) is 16.3. The van der Waals surface area contributed by atoms with Gasteiger partial charge in [0.1, 0.15) is 12.3 Å². The van der Waals surface area contributed by atoms with E-state index in [0.29, 0.717) is 12.6 Å². The maximum absolute atomic E-state index is 11.9. The van der Waals surface area contributed by atoms with Crippen LogP contribution in [0.25, 0.3) is 0 Å². The second-order valence-electron chi connectivity index (χ2n) is 6.12. The number of amides is 1. The van der Waals surface area contributed by atoms with Crippen molar-refractivity contribution in [1.29, 1.82) is 0 Å². The van der Waals surface area contributed by atoms with Crippen LogP contribution < -0.4 is 15.4 Å². The fourth-order valence-electron chi connectivity index (χ4n) is 2.51. The Morgan fingerprint density at radius 3 is 3.04 bits per heavy atom. The number of nitrogens with one attached hydrogen (secondary N) is 2. The van der Waals surface area contributed by atoms with Crippen LogP contribution in [-0.4, -0.2) is 62.1 Å². The van der Waals surface area contributed by atoms with Crippen molar-refractivity contribution in [3.05, 3.63) is 42.5 Å². The first-order valence-electron chi connectivity index (χ1n) is 8.77. The van der Waals surface area contributed by atoms with Gasteiger partial charge in [-0.25, -0.2) is 4.99 Å². The highest BCUT2D eigenvalue weighted by Crippen LogP contribution is 2.31. The largest absolute Gasteiger partial charge is 0.493 e. The molecule has 142 valence electrons. The predicted molar refractivity (Wildman–Crippen MR) is 109 cm³/mol. The van der Waals surface area contributed by atoms with Crippen molar-refractivity contribution in [2.24, 2.45) is 4.99 Å². The lowest BCUT2D eigenvalue weighted by atomic mass is 10.0. The fourth-order valence-corrected chi connectivity index (χ4v) is 3.09. The number of carbonyl (C=O) groups is 1. The molecule has 0 aliphatic carbocycles. The monoisotopic (exact) mass is 376 g/mol. The molecule has 0 aromatic heterocycles. The molecule has 1 aliphatic rings. The van der Waals surface area contributed by atoms with Gasteiger partial charge in [0.2, 0.25) is 5.91 Å². The van der Waals surface area contributed by atoms with Gasteiger partial charge >= 0.3 is 0 Å². The van der Waals surface area contributed by atoms with Crippen molar-refractivity contribution >= 4 is 23.6 Å². The van der Waals surface area contributed by atoms with Crippen LogP contribution >= 0.6 is 11.8 Å². The van der Waals surface area contributed by atoms with Crippen molar-refractivity contribution in [2.45, 2.75) is 12.5 Å². The van der Waals surface area contributed by atoms with E-state index in [1.54, 1.807) is 30.8 Å². The van der Waals surface area contributed by atoms with Crippen molar-refractivity contribution in [1.82, 2.24) is 15.5 Å². The number of aliphatic imine (C=N–C) groups is 1. The van der Waals surface area contributed by atoms with E-state index in [4.69, 9.17) is 4.74 Å². The Morgan fingerprint density at radius 2 is 2.27 bits per heavy atom. The van der Waals surface area contributed by atoms with Crippen LogP contribution in [-0.2, 0) is 4.79 Å². The molecule has 1 aromatic carbocycles. The molecule has 1 heterocycles. The number of hydrogen-bond donors (Lipinski definition) is 2. The fraction of sp³-hybridized carbons (Fsp3) is 0.474. The van der Waals surface area contributed by atoms with Gasteiger partial charge in [-0.2, -0.15) is 11.8 Å². The summed E-state index contributed by atoms with van der Waals surface area (Å²) in [6.07, 6.45) is 2.75. The van der Waals surface area contributed by atoms with Gasteiger partial charge in [0.25, 0.3) is 0 Å². The number of benzene rings is 1. The highest BCUT2D eigenvalue weighted by Gasteiger charge is 2.22. The first-order chi connectivity index (χ1) is 12.6. The quantitative estimate of drug-likeness (QED) is 0.315. The number of thioether (sulfide) groups is 1. The summed E-state index contributed by atoms with van der Waals surface area (Å²) in [6, 6.07) is 8.14. The lowest BCUT2D eigenvalue weighted by Gasteiger charge is -2.28. The van der Waals surface area contributed by atoms with Gasteiger partial charge in [0.15, 0.2) is 5.96 Å². The van der Waals surface area contributed by atoms with E-state index >= 15 is 0 Å². The number of nitrogens with zero attached hydrogens (tertiary/aromatic N) is 2. The molecule has 0 saturated carbocycles. The number of fused-ring (bicyclic) bond motifs is 1. The second kappa shape index (κ2) is 10.8. The summed E-state index contributed by atoms with van der Waals surface area (Å²) in [5.74, 6) is 3.40. The first-order valence-corrected chi connectivity index (χ1v) is 9.92. The summed E-state index contributed by atoms with van der Waals surface area (Å²) in [7, 11) is 3.47. The highest BCUT2D eigenvalue weighted by molar-refractivity contribution is 7.99. The Morgan fingerprint density at radius 1 is 1.46 bits per heavy atom. The minimum absolute atomic E-state index is 0.0282. The van der Waals surface area contributed by atoms with E-state index in [-0.39, 0.29) is 18.5 Å². The van der Waals surface area contributed by atoms with Gasteiger partial charge < -0.3 is 20.3 Å². The molecule has 2 N–H and O–H groups in total.